The van der Waals surface area contributed by atoms with Crippen LogP contribution >= 0.6 is 0 Å². The third-order valence-corrected chi connectivity index (χ3v) is 3.45. The summed E-state index contributed by atoms with van der Waals surface area (Å²) in [7, 11) is 3.56. The van der Waals surface area contributed by atoms with E-state index in [1.807, 2.05) is 18.9 Å². The molecule has 1 amide bonds. The van der Waals surface area contributed by atoms with E-state index in [9.17, 15) is 9.90 Å². The molecule has 1 saturated carbocycles. The number of aliphatic hydroxyl groups excluding tert-OH is 1. The summed E-state index contributed by atoms with van der Waals surface area (Å²) in [6, 6.07) is -0.0428. The fourth-order valence-electron chi connectivity index (χ4n) is 2.25. The monoisotopic (exact) mass is 214 g/mol. The lowest BCUT2D eigenvalue weighted by atomic mass is 9.91. The number of nitrogens with one attached hydrogen (secondary N) is 1. The molecule has 0 radical (unpaired) electrons. The molecule has 3 unspecified atom stereocenters. The standard InChI is InChI=1S/C11H22N2O2/c1-8(11(15)12-2)13(3)9-6-4-5-7-10(9)14/h8-10,14H,4-7H2,1-3H3,(H,12,15). The van der Waals surface area contributed by atoms with Crippen molar-refractivity contribution in [3.8, 4) is 0 Å². The molecule has 0 bridgehead atoms. The Labute approximate surface area is 91.6 Å². The zero-order valence-corrected chi connectivity index (χ0v) is 9.86. The van der Waals surface area contributed by atoms with Gasteiger partial charge in [-0.05, 0) is 26.8 Å². The van der Waals surface area contributed by atoms with Gasteiger partial charge in [-0.1, -0.05) is 12.8 Å². The molecule has 0 aliphatic heterocycles. The molecule has 15 heavy (non-hydrogen) atoms. The molecule has 2 N–H and O–H groups in total. The van der Waals surface area contributed by atoms with Gasteiger partial charge >= 0.3 is 0 Å². The summed E-state index contributed by atoms with van der Waals surface area (Å²) in [5.41, 5.74) is 0. The Hall–Kier alpha value is -0.610. The van der Waals surface area contributed by atoms with Gasteiger partial charge in [-0.2, -0.15) is 0 Å². The highest BCUT2D eigenvalue weighted by molar-refractivity contribution is 5.80. The van der Waals surface area contributed by atoms with Crippen LogP contribution in [0.3, 0.4) is 0 Å². The minimum atomic E-state index is -0.282. The van der Waals surface area contributed by atoms with E-state index in [0.29, 0.717) is 0 Å². The molecule has 0 spiro atoms. The molecule has 0 saturated heterocycles. The number of carbonyl (C=O) groups excluding carboxylic acids is 1. The second-order valence-electron chi connectivity index (χ2n) is 4.37. The van der Waals surface area contributed by atoms with E-state index in [0.717, 1.165) is 25.7 Å². The van der Waals surface area contributed by atoms with Crippen LogP contribution in [-0.2, 0) is 4.79 Å². The first-order valence-electron chi connectivity index (χ1n) is 5.69. The summed E-state index contributed by atoms with van der Waals surface area (Å²) in [4.78, 5) is 13.5. The van der Waals surface area contributed by atoms with Crippen LogP contribution in [0.4, 0.5) is 0 Å². The first kappa shape index (κ1) is 12.5. The van der Waals surface area contributed by atoms with Gasteiger partial charge in [0.1, 0.15) is 0 Å². The lowest BCUT2D eigenvalue weighted by Gasteiger charge is -2.37. The number of nitrogens with zero attached hydrogens (tertiary/aromatic N) is 1. The first-order valence-corrected chi connectivity index (χ1v) is 5.69. The van der Waals surface area contributed by atoms with Crippen LogP contribution in [-0.4, -0.2) is 48.2 Å². The van der Waals surface area contributed by atoms with Gasteiger partial charge in [-0.25, -0.2) is 0 Å². The van der Waals surface area contributed by atoms with Crippen LogP contribution < -0.4 is 5.32 Å². The van der Waals surface area contributed by atoms with Gasteiger partial charge in [0.25, 0.3) is 0 Å². The summed E-state index contributed by atoms with van der Waals surface area (Å²) in [5.74, 6) is 0.00951. The van der Waals surface area contributed by atoms with Gasteiger partial charge in [0.2, 0.25) is 5.91 Å². The fourth-order valence-corrected chi connectivity index (χ4v) is 2.25. The number of hydrogen-bond donors (Lipinski definition) is 2. The van der Waals surface area contributed by atoms with Crippen LogP contribution in [0, 0.1) is 0 Å². The van der Waals surface area contributed by atoms with E-state index in [1.165, 1.54) is 0 Å². The van der Waals surface area contributed by atoms with Gasteiger partial charge in [0, 0.05) is 13.1 Å². The lowest BCUT2D eigenvalue weighted by Crippen LogP contribution is -2.52. The number of rotatable bonds is 3. The average molecular weight is 214 g/mol. The maximum absolute atomic E-state index is 11.5. The van der Waals surface area contributed by atoms with Crippen molar-refractivity contribution in [2.45, 2.75) is 50.8 Å². The van der Waals surface area contributed by atoms with Gasteiger partial charge in [0.05, 0.1) is 12.1 Å². The molecule has 1 aliphatic carbocycles. The van der Waals surface area contributed by atoms with Crippen molar-refractivity contribution < 1.29 is 9.90 Å². The van der Waals surface area contributed by atoms with Gasteiger partial charge < -0.3 is 10.4 Å². The van der Waals surface area contributed by atoms with Crippen molar-refractivity contribution in [3.63, 3.8) is 0 Å². The number of likely N-dealkylation sites (N-methyl/N-ethyl adjacent to an activating group) is 2. The van der Waals surface area contributed by atoms with Crippen molar-refractivity contribution in [2.75, 3.05) is 14.1 Å². The number of hydrogen-bond acceptors (Lipinski definition) is 3. The number of carbonyl (C=O) groups is 1. The minimum Gasteiger partial charge on any atom is -0.391 e. The van der Waals surface area contributed by atoms with Gasteiger partial charge in [-0.15, -0.1) is 0 Å². The molecule has 1 aliphatic rings. The van der Waals surface area contributed by atoms with Crippen LogP contribution in [0.5, 0.6) is 0 Å². The number of amides is 1. The second-order valence-corrected chi connectivity index (χ2v) is 4.37. The second kappa shape index (κ2) is 5.47. The van der Waals surface area contributed by atoms with E-state index in [2.05, 4.69) is 5.32 Å². The molecule has 3 atom stereocenters. The maximum atomic E-state index is 11.5. The Kier molecular flexibility index (Phi) is 4.54. The molecule has 0 aromatic rings. The largest absolute Gasteiger partial charge is 0.391 e. The van der Waals surface area contributed by atoms with E-state index < -0.39 is 0 Å². The molecule has 0 aromatic carbocycles. The summed E-state index contributed by atoms with van der Waals surface area (Å²) in [6.07, 6.45) is 3.80. The molecular formula is C11H22N2O2. The third-order valence-electron chi connectivity index (χ3n) is 3.45. The quantitative estimate of drug-likeness (QED) is 0.713. The molecular weight excluding hydrogens is 192 g/mol. The Bertz CT molecular complexity index is 221. The van der Waals surface area contributed by atoms with Crippen molar-refractivity contribution >= 4 is 5.91 Å². The van der Waals surface area contributed by atoms with E-state index >= 15 is 0 Å². The van der Waals surface area contributed by atoms with E-state index in [-0.39, 0.29) is 24.1 Å². The number of aliphatic hydroxyl groups is 1. The zero-order chi connectivity index (χ0) is 11.4. The lowest BCUT2D eigenvalue weighted by molar-refractivity contribution is -0.127. The third kappa shape index (κ3) is 2.92. The molecule has 4 nitrogen and oxygen atoms in total. The molecule has 88 valence electrons. The minimum absolute atomic E-state index is 0.00951. The fraction of sp³-hybridized carbons (Fsp3) is 0.909. The van der Waals surface area contributed by atoms with E-state index in [4.69, 9.17) is 0 Å². The highest BCUT2D eigenvalue weighted by Crippen LogP contribution is 2.23. The van der Waals surface area contributed by atoms with Gasteiger partial charge in [-0.3, -0.25) is 9.69 Å². The van der Waals surface area contributed by atoms with Crippen LogP contribution in [0.2, 0.25) is 0 Å². The highest BCUT2D eigenvalue weighted by atomic mass is 16.3. The summed E-state index contributed by atoms with van der Waals surface area (Å²) >= 11 is 0. The zero-order valence-electron chi connectivity index (χ0n) is 9.86. The normalized spacial score (nSPS) is 28.9. The van der Waals surface area contributed by atoms with Crippen LogP contribution in [0.1, 0.15) is 32.6 Å². The predicted octanol–water partition coefficient (Wildman–Crippen LogP) is 0.356. The summed E-state index contributed by atoms with van der Waals surface area (Å²) in [6.45, 7) is 1.88. The average Bonchev–Trinajstić information content (AvgIpc) is 2.26. The smallest absolute Gasteiger partial charge is 0.236 e. The Morgan fingerprint density at radius 3 is 2.60 bits per heavy atom. The molecule has 4 heteroatoms. The van der Waals surface area contributed by atoms with Gasteiger partial charge in [0.15, 0.2) is 0 Å². The Morgan fingerprint density at radius 1 is 1.47 bits per heavy atom. The Morgan fingerprint density at radius 2 is 2.07 bits per heavy atom. The van der Waals surface area contributed by atoms with Crippen molar-refractivity contribution in [2.24, 2.45) is 0 Å². The summed E-state index contributed by atoms with van der Waals surface area (Å²) < 4.78 is 0. The first-order chi connectivity index (χ1) is 7.07. The van der Waals surface area contributed by atoms with Crippen molar-refractivity contribution in [3.05, 3.63) is 0 Å². The van der Waals surface area contributed by atoms with Crippen LogP contribution in [0.25, 0.3) is 0 Å². The van der Waals surface area contributed by atoms with Crippen LogP contribution in [0.15, 0.2) is 0 Å². The molecule has 1 rings (SSSR count). The predicted molar refractivity (Wildman–Crippen MR) is 59.6 cm³/mol. The Balaban J connectivity index is 2.57. The molecule has 0 aromatic heterocycles. The molecule has 0 heterocycles. The van der Waals surface area contributed by atoms with E-state index in [1.54, 1.807) is 7.05 Å². The van der Waals surface area contributed by atoms with Crippen molar-refractivity contribution in [1.29, 1.82) is 0 Å². The maximum Gasteiger partial charge on any atom is 0.236 e. The molecule has 1 fully saturated rings. The highest BCUT2D eigenvalue weighted by Gasteiger charge is 2.31. The summed E-state index contributed by atoms with van der Waals surface area (Å²) in [5, 5.41) is 12.5. The SMILES string of the molecule is CNC(=O)C(C)N(C)C1CCCCC1O. The van der Waals surface area contributed by atoms with Crippen molar-refractivity contribution in [1.82, 2.24) is 10.2 Å². The topological polar surface area (TPSA) is 52.6 Å².